The lowest BCUT2D eigenvalue weighted by Gasteiger charge is -2.33. The molecule has 10 heteroatoms. The van der Waals surface area contributed by atoms with E-state index in [4.69, 9.17) is 0 Å². The Hall–Kier alpha value is -2.75. The van der Waals surface area contributed by atoms with Crippen molar-refractivity contribution in [3.8, 4) is 0 Å². The number of carbonyl (C=O) groups is 4. The monoisotopic (exact) mass is 339 g/mol. The molecule has 1 fully saturated rings. The summed E-state index contributed by atoms with van der Waals surface area (Å²) in [5, 5.41) is 1.17. The van der Waals surface area contributed by atoms with Crippen molar-refractivity contribution in [3.63, 3.8) is 0 Å². The number of benzene rings is 1. The minimum atomic E-state index is -3.98. The Morgan fingerprint density at radius 1 is 1.17 bits per heavy atom. The van der Waals surface area contributed by atoms with E-state index in [-0.39, 0.29) is 4.90 Å². The van der Waals surface area contributed by atoms with Crippen LogP contribution >= 0.6 is 0 Å². The Bertz CT molecular complexity index is 800. The van der Waals surface area contributed by atoms with E-state index in [9.17, 15) is 27.6 Å². The van der Waals surface area contributed by atoms with Crippen molar-refractivity contribution in [1.29, 1.82) is 0 Å². The fourth-order valence-corrected chi connectivity index (χ4v) is 2.99. The Morgan fingerprint density at radius 3 is 2.26 bits per heavy atom. The smallest absolute Gasteiger partial charge is 0.288 e. The first-order chi connectivity index (χ1) is 10.6. The second-order valence-corrected chi connectivity index (χ2v) is 6.52. The molecule has 1 aliphatic heterocycles. The fraction of sp³-hybridized carbons (Fsp3) is 0.231. The number of amides is 2. The van der Waals surface area contributed by atoms with Gasteiger partial charge in [0.1, 0.15) is 6.04 Å². The molecule has 1 saturated heterocycles. The molecule has 0 saturated carbocycles. The molecule has 1 aromatic rings. The van der Waals surface area contributed by atoms with Crippen molar-refractivity contribution in [2.24, 2.45) is 0 Å². The minimum absolute atomic E-state index is 0.158. The van der Waals surface area contributed by atoms with Gasteiger partial charge in [-0.15, -0.1) is 0 Å². The third-order valence-electron chi connectivity index (χ3n) is 3.12. The average Bonchev–Trinajstić information content (AvgIpc) is 2.48. The van der Waals surface area contributed by atoms with Crippen LogP contribution < -0.4 is 15.2 Å². The van der Waals surface area contributed by atoms with Crippen LogP contribution in [0, 0.1) is 0 Å². The Kier molecular flexibility index (Phi) is 4.19. The fourth-order valence-electron chi connectivity index (χ4n) is 2.00. The van der Waals surface area contributed by atoms with Gasteiger partial charge in [-0.05, 0) is 31.2 Å². The number of anilines is 1. The first kappa shape index (κ1) is 16.6. The van der Waals surface area contributed by atoms with Gasteiger partial charge in [-0.2, -0.15) is 0 Å². The second kappa shape index (κ2) is 5.80. The number of hydrogen-bond acceptors (Lipinski definition) is 7. The molecule has 2 amide bonds. The molecule has 122 valence electrons. The number of carbonyl (C=O) groups excluding carboxylic acids is 4. The standard InChI is InChI=1S/C13H13N3O6S/c1-7-11(18)12(19)13(20)14-16(7)9-3-5-10(6-4-9)23(21,22)15-8(2)17/h3-7H,1-2H3,(H,14,20)(H,15,17). The molecule has 1 unspecified atom stereocenters. The zero-order valence-electron chi connectivity index (χ0n) is 12.2. The highest BCUT2D eigenvalue weighted by atomic mass is 32.2. The van der Waals surface area contributed by atoms with Gasteiger partial charge in [-0.25, -0.2) is 13.1 Å². The largest absolute Gasteiger partial charge is 0.314 e. The van der Waals surface area contributed by atoms with Gasteiger partial charge in [-0.1, -0.05) is 0 Å². The normalized spacial score (nSPS) is 18.6. The van der Waals surface area contributed by atoms with Gasteiger partial charge in [0, 0.05) is 6.92 Å². The Morgan fingerprint density at radius 2 is 1.74 bits per heavy atom. The summed E-state index contributed by atoms with van der Waals surface area (Å²) < 4.78 is 25.5. The molecule has 0 bridgehead atoms. The molecule has 0 spiro atoms. The van der Waals surface area contributed by atoms with E-state index in [0.29, 0.717) is 5.69 Å². The third-order valence-corrected chi connectivity index (χ3v) is 4.57. The zero-order chi connectivity index (χ0) is 17.4. The highest BCUT2D eigenvalue weighted by Gasteiger charge is 2.38. The van der Waals surface area contributed by atoms with Gasteiger partial charge in [0.15, 0.2) is 0 Å². The van der Waals surface area contributed by atoms with Gasteiger partial charge >= 0.3 is 5.91 Å². The lowest BCUT2D eigenvalue weighted by Crippen LogP contribution is -2.61. The van der Waals surface area contributed by atoms with E-state index < -0.39 is 39.4 Å². The van der Waals surface area contributed by atoms with Crippen LogP contribution in [0.1, 0.15) is 13.8 Å². The summed E-state index contributed by atoms with van der Waals surface area (Å²) in [6.45, 7) is 2.50. The molecule has 1 atom stereocenters. The van der Waals surface area contributed by atoms with Crippen LogP contribution in [0.4, 0.5) is 5.69 Å². The average molecular weight is 339 g/mol. The quantitative estimate of drug-likeness (QED) is 0.668. The van der Waals surface area contributed by atoms with Crippen LogP contribution in [-0.4, -0.2) is 37.8 Å². The zero-order valence-corrected chi connectivity index (χ0v) is 13.0. The summed E-state index contributed by atoms with van der Waals surface area (Å²) in [6, 6.07) is 4.18. The number of hydrogen-bond donors (Lipinski definition) is 2. The third kappa shape index (κ3) is 3.21. The predicted molar refractivity (Wildman–Crippen MR) is 77.5 cm³/mol. The van der Waals surface area contributed by atoms with Crippen molar-refractivity contribution >= 4 is 39.1 Å². The van der Waals surface area contributed by atoms with Gasteiger partial charge in [0.25, 0.3) is 15.8 Å². The molecular formula is C13H13N3O6S. The first-order valence-corrected chi connectivity index (χ1v) is 7.93. The van der Waals surface area contributed by atoms with Crippen LogP contribution in [0.3, 0.4) is 0 Å². The molecule has 0 aliphatic carbocycles. The van der Waals surface area contributed by atoms with Gasteiger partial charge < -0.3 is 0 Å². The van der Waals surface area contributed by atoms with E-state index in [1.54, 1.807) is 0 Å². The van der Waals surface area contributed by atoms with E-state index in [0.717, 1.165) is 6.92 Å². The van der Waals surface area contributed by atoms with Crippen molar-refractivity contribution in [1.82, 2.24) is 10.1 Å². The number of ketones is 2. The first-order valence-electron chi connectivity index (χ1n) is 6.45. The summed E-state index contributed by atoms with van der Waals surface area (Å²) in [7, 11) is -3.98. The predicted octanol–water partition coefficient (Wildman–Crippen LogP) is -1.11. The van der Waals surface area contributed by atoms with E-state index >= 15 is 0 Å². The molecule has 1 aliphatic rings. The lowest BCUT2D eigenvalue weighted by molar-refractivity contribution is -0.147. The minimum Gasteiger partial charge on any atom is -0.288 e. The molecular weight excluding hydrogens is 326 g/mol. The molecule has 1 aromatic carbocycles. The number of Topliss-reactive ketones (excluding diaryl/α,β-unsaturated/α-hetero) is 2. The molecule has 0 aromatic heterocycles. The maximum absolute atomic E-state index is 11.8. The second-order valence-electron chi connectivity index (χ2n) is 4.84. The van der Waals surface area contributed by atoms with Crippen LogP contribution in [0.15, 0.2) is 29.2 Å². The van der Waals surface area contributed by atoms with E-state index in [2.05, 4.69) is 5.43 Å². The van der Waals surface area contributed by atoms with E-state index in [1.807, 2.05) is 4.72 Å². The molecule has 9 nitrogen and oxygen atoms in total. The van der Waals surface area contributed by atoms with E-state index in [1.165, 1.54) is 36.2 Å². The summed E-state index contributed by atoms with van der Waals surface area (Å²) in [5.74, 6) is -3.76. The Labute approximate surface area is 131 Å². The van der Waals surface area contributed by atoms with Gasteiger partial charge in [-0.3, -0.25) is 29.6 Å². The van der Waals surface area contributed by atoms with Crippen LogP contribution in [-0.2, 0) is 29.2 Å². The summed E-state index contributed by atoms with van der Waals surface area (Å²) >= 11 is 0. The summed E-state index contributed by atoms with van der Waals surface area (Å²) in [6.07, 6.45) is 0. The summed E-state index contributed by atoms with van der Waals surface area (Å²) in [4.78, 5) is 45.1. The van der Waals surface area contributed by atoms with Crippen molar-refractivity contribution in [2.45, 2.75) is 24.8 Å². The number of rotatable bonds is 3. The maximum atomic E-state index is 11.8. The Balaban J connectivity index is 2.30. The number of hydrazine groups is 1. The SMILES string of the molecule is CC(=O)NS(=O)(=O)c1ccc(N2NC(=O)C(=O)C(=O)C2C)cc1. The molecule has 2 N–H and O–H groups in total. The van der Waals surface area contributed by atoms with Crippen molar-refractivity contribution in [3.05, 3.63) is 24.3 Å². The highest BCUT2D eigenvalue weighted by molar-refractivity contribution is 7.90. The topological polar surface area (TPSA) is 130 Å². The van der Waals surface area contributed by atoms with Crippen molar-refractivity contribution < 1.29 is 27.6 Å². The highest BCUT2D eigenvalue weighted by Crippen LogP contribution is 2.20. The van der Waals surface area contributed by atoms with Crippen LogP contribution in [0.2, 0.25) is 0 Å². The number of sulfonamides is 1. The maximum Gasteiger partial charge on any atom is 0.314 e. The molecule has 2 rings (SSSR count). The molecule has 23 heavy (non-hydrogen) atoms. The van der Waals surface area contributed by atoms with Crippen molar-refractivity contribution in [2.75, 3.05) is 5.01 Å². The number of nitrogens with zero attached hydrogens (tertiary/aromatic N) is 1. The van der Waals surface area contributed by atoms with Gasteiger partial charge in [0.2, 0.25) is 11.7 Å². The van der Waals surface area contributed by atoms with Crippen LogP contribution in [0.5, 0.6) is 0 Å². The summed E-state index contributed by atoms with van der Waals surface area (Å²) in [5.41, 5.74) is 2.57. The number of nitrogens with one attached hydrogen (secondary N) is 2. The molecule has 1 heterocycles. The van der Waals surface area contributed by atoms with Gasteiger partial charge in [0.05, 0.1) is 10.6 Å². The molecule has 0 radical (unpaired) electrons. The lowest BCUT2D eigenvalue weighted by atomic mass is 10.1. The van der Waals surface area contributed by atoms with Crippen LogP contribution in [0.25, 0.3) is 0 Å².